The van der Waals surface area contributed by atoms with Crippen molar-refractivity contribution < 1.29 is 9.53 Å². The van der Waals surface area contributed by atoms with Crippen LogP contribution in [0.2, 0.25) is 0 Å². The summed E-state index contributed by atoms with van der Waals surface area (Å²) in [6, 6.07) is 11.6. The van der Waals surface area contributed by atoms with E-state index < -0.39 is 5.97 Å². The van der Waals surface area contributed by atoms with Gasteiger partial charge in [0.15, 0.2) is 16.9 Å². The van der Waals surface area contributed by atoms with Crippen molar-refractivity contribution in [2.24, 2.45) is 0 Å². The van der Waals surface area contributed by atoms with Crippen LogP contribution in [0.25, 0.3) is 38.9 Å². The van der Waals surface area contributed by atoms with Crippen LogP contribution in [-0.2, 0) is 21.6 Å². The number of anilines is 1. The van der Waals surface area contributed by atoms with Crippen LogP contribution in [0.1, 0.15) is 59.6 Å². The Morgan fingerprint density at radius 3 is 2.50 bits per heavy atom. The van der Waals surface area contributed by atoms with Gasteiger partial charge >= 0.3 is 5.97 Å². The molecule has 0 aliphatic rings. The van der Waals surface area contributed by atoms with Gasteiger partial charge in [-0.05, 0) is 49.4 Å². The third-order valence-corrected chi connectivity index (χ3v) is 6.78. The van der Waals surface area contributed by atoms with Gasteiger partial charge in [-0.1, -0.05) is 45.0 Å². The predicted molar refractivity (Wildman–Crippen MR) is 160 cm³/mol. The molecule has 40 heavy (non-hydrogen) atoms. The number of hydrogen-bond donors (Lipinski definition) is 2. The van der Waals surface area contributed by atoms with Gasteiger partial charge in [0.05, 0.1) is 5.69 Å². The molecule has 206 valence electrons. The van der Waals surface area contributed by atoms with E-state index in [-0.39, 0.29) is 23.0 Å². The van der Waals surface area contributed by atoms with E-state index >= 15 is 0 Å². The first-order chi connectivity index (χ1) is 18.8. The second kappa shape index (κ2) is 9.93. The minimum absolute atomic E-state index is 0.00699. The molecule has 0 saturated heterocycles. The molecule has 5 rings (SSSR count). The molecule has 2 aromatic carbocycles. The Hall–Kier alpha value is -4.46. The predicted octanol–water partition coefficient (Wildman–Crippen LogP) is 6.48. The van der Waals surface area contributed by atoms with Gasteiger partial charge < -0.3 is 19.4 Å². The summed E-state index contributed by atoms with van der Waals surface area (Å²) in [5.41, 5.74) is 5.54. The van der Waals surface area contributed by atoms with Gasteiger partial charge in [-0.2, -0.15) is 0 Å². The highest BCUT2D eigenvalue weighted by molar-refractivity contribution is 5.86. The van der Waals surface area contributed by atoms with E-state index in [4.69, 9.17) is 9.72 Å². The summed E-state index contributed by atoms with van der Waals surface area (Å²) in [6.45, 7) is 14.0. The largest absolute Gasteiger partial charge is 0.461 e. The Morgan fingerprint density at radius 1 is 1.05 bits per heavy atom. The molecule has 5 aromatic rings. The van der Waals surface area contributed by atoms with Crippen LogP contribution in [0.3, 0.4) is 0 Å². The van der Waals surface area contributed by atoms with Gasteiger partial charge in [0.25, 0.3) is 0 Å². The quantitative estimate of drug-likeness (QED) is 0.249. The maximum Gasteiger partial charge on any atom is 0.302 e. The third kappa shape index (κ3) is 5.34. The smallest absolute Gasteiger partial charge is 0.302 e. The minimum atomic E-state index is -0.406. The average Bonchev–Trinajstić information content (AvgIpc) is 3.35. The van der Waals surface area contributed by atoms with Crippen molar-refractivity contribution in [1.82, 2.24) is 19.4 Å². The number of aromatic nitrogens is 4. The monoisotopic (exact) mass is 537 g/mol. The second-order valence-electron chi connectivity index (χ2n) is 12.2. The number of carbonyl (C=O) groups is 1. The van der Waals surface area contributed by atoms with E-state index in [2.05, 4.69) is 56.8 Å². The zero-order chi connectivity index (χ0) is 28.8. The maximum absolute atomic E-state index is 13.8. The molecule has 0 fully saturated rings. The molecule has 0 aliphatic heterocycles. The highest BCUT2D eigenvalue weighted by atomic mass is 16.5. The number of aromatic amines is 1. The van der Waals surface area contributed by atoms with Crippen molar-refractivity contribution in [3.8, 4) is 22.4 Å². The summed E-state index contributed by atoms with van der Waals surface area (Å²) in [6.07, 6.45) is 7.23. The van der Waals surface area contributed by atoms with Crippen molar-refractivity contribution in [3.63, 3.8) is 0 Å². The fourth-order valence-electron chi connectivity index (χ4n) is 4.80. The molecule has 0 aliphatic carbocycles. The first-order valence-corrected chi connectivity index (χ1v) is 13.4. The fraction of sp³-hybridized carbons (Fsp3) is 0.312. The van der Waals surface area contributed by atoms with Crippen LogP contribution < -0.4 is 10.7 Å². The van der Waals surface area contributed by atoms with Crippen LogP contribution in [0.4, 0.5) is 5.82 Å². The number of ether oxygens (including phenoxy) is 1. The molecule has 0 radical (unpaired) electrons. The number of rotatable bonds is 5. The van der Waals surface area contributed by atoms with E-state index in [0.29, 0.717) is 39.2 Å². The standard InChI is InChI=1S/C32H35N5O3/c1-19(38)40-18-25-21(24-16-34-26-15-20(31(2,3)4)11-12-23(26)28(24)39)9-8-10-22(25)27-17-37-14-13-33-30(37)29(35-27)36-32(5,6)7/h8-17H,18H2,1-7H3,(H,34,39)(H,35,36). The molecule has 0 amide bonds. The molecule has 2 N–H and O–H groups in total. The van der Waals surface area contributed by atoms with Crippen molar-refractivity contribution >= 4 is 28.3 Å². The number of carbonyl (C=O) groups excluding carboxylic acids is 1. The van der Waals surface area contributed by atoms with Crippen LogP contribution in [0.5, 0.6) is 0 Å². The molecule has 3 aromatic heterocycles. The van der Waals surface area contributed by atoms with E-state index in [1.165, 1.54) is 6.92 Å². The lowest BCUT2D eigenvalue weighted by molar-refractivity contribution is -0.142. The number of pyridine rings is 1. The van der Waals surface area contributed by atoms with Crippen molar-refractivity contribution in [2.75, 3.05) is 5.32 Å². The molecule has 0 atom stereocenters. The molecule has 3 heterocycles. The average molecular weight is 538 g/mol. The lowest BCUT2D eigenvalue weighted by atomic mass is 9.86. The summed E-state index contributed by atoms with van der Waals surface area (Å²) >= 11 is 0. The SMILES string of the molecule is CC(=O)OCc1c(-c2cn3ccnc3c(NC(C)(C)C)n2)cccc1-c1c[nH]c2cc(C(C)(C)C)ccc2c1=O. The number of nitrogens with zero attached hydrogens (tertiary/aromatic N) is 3. The summed E-state index contributed by atoms with van der Waals surface area (Å²) in [5.74, 6) is 0.230. The van der Waals surface area contributed by atoms with Gasteiger partial charge in [0.1, 0.15) is 6.61 Å². The second-order valence-corrected chi connectivity index (χ2v) is 12.2. The number of imidazole rings is 1. The molecule has 0 spiro atoms. The van der Waals surface area contributed by atoms with Crippen molar-refractivity contribution in [3.05, 3.63) is 82.5 Å². The number of fused-ring (bicyclic) bond motifs is 2. The Labute approximate surface area is 233 Å². The first-order valence-electron chi connectivity index (χ1n) is 13.4. The Balaban J connectivity index is 1.71. The Morgan fingerprint density at radius 2 is 1.80 bits per heavy atom. The number of hydrogen-bond acceptors (Lipinski definition) is 6. The van der Waals surface area contributed by atoms with Gasteiger partial charge in [0, 0.05) is 64.8 Å². The van der Waals surface area contributed by atoms with Gasteiger partial charge in [-0.25, -0.2) is 9.97 Å². The van der Waals surface area contributed by atoms with Gasteiger partial charge in [-0.15, -0.1) is 0 Å². The highest BCUT2D eigenvalue weighted by Crippen LogP contribution is 2.33. The molecule has 0 unspecified atom stereocenters. The van der Waals surface area contributed by atoms with Crippen LogP contribution in [0.15, 0.2) is 66.0 Å². The van der Waals surface area contributed by atoms with E-state index in [9.17, 15) is 9.59 Å². The molecule has 0 bridgehead atoms. The van der Waals surface area contributed by atoms with Gasteiger partial charge in [0.2, 0.25) is 0 Å². The van der Waals surface area contributed by atoms with E-state index in [1.54, 1.807) is 12.4 Å². The summed E-state index contributed by atoms with van der Waals surface area (Å²) in [7, 11) is 0. The maximum atomic E-state index is 13.8. The Kier molecular flexibility index (Phi) is 6.74. The van der Waals surface area contributed by atoms with Gasteiger partial charge in [-0.3, -0.25) is 9.59 Å². The van der Waals surface area contributed by atoms with Crippen LogP contribution >= 0.6 is 0 Å². The Bertz CT molecular complexity index is 1800. The van der Waals surface area contributed by atoms with Crippen LogP contribution in [0, 0.1) is 0 Å². The van der Waals surface area contributed by atoms with E-state index in [0.717, 1.165) is 16.6 Å². The molecular weight excluding hydrogens is 502 g/mol. The highest BCUT2D eigenvalue weighted by Gasteiger charge is 2.21. The lowest BCUT2D eigenvalue weighted by Crippen LogP contribution is -2.27. The number of H-pyrrole nitrogens is 1. The van der Waals surface area contributed by atoms with Crippen molar-refractivity contribution in [2.45, 2.75) is 66.0 Å². The van der Waals surface area contributed by atoms with Crippen molar-refractivity contribution in [1.29, 1.82) is 0 Å². The van der Waals surface area contributed by atoms with E-state index in [1.807, 2.05) is 53.2 Å². The number of nitrogens with one attached hydrogen (secondary N) is 2. The number of esters is 1. The molecule has 8 heteroatoms. The molecule has 8 nitrogen and oxygen atoms in total. The molecule has 0 saturated carbocycles. The normalized spacial score (nSPS) is 12.2. The fourth-order valence-corrected chi connectivity index (χ4v) is 4.80. The molecular formula is C32H35N5O3. The topological polar surface area (TPSA) is 101 Å². The summed E-state index contributed by atoms with van der Waals surface area (Å²) in [4.78, 5) is 38.4. The number of benzene rings is 2. The summed E-state index contributed by atoms with van der Waals surface area (Å²) in [5, 5.41) is 4.05. The minimum Gasteiger partial charge on any atom is -0.461 e. The summed E-state index contributed by atoms with van der Waals surface area (Å²) < 4.78 is 7.41. The lowest BCUT2D eigenvalue weighted by Gasteiger charge is -2.22. The zero-order valence-corrected chi connectivity index (χ0v) is 24.0. The van der Waals surface area contributed by atoms with Crippen LogP contribution in [-0.4, -0.2) is 30.9 Å². The zero-order valence-electron chi connectivity index (χ0n) is 24.0. The first kappa shape index (κ1) is 27.1. The third-order valence-electron chi connectivity index (χ3n) is 6.78.